The van der Waals surface area contributed by atoms with Gasteiger partial charge in [-0.3, -0.25) is 0 Å². The first-order valence-electron chi connectivity index (χ1n) is 6.02. The maximum Gasteiger partial charge on any atom is 0.184 e. The van der Waals surface area contributed by atoms with Gasteiger partial charge < -0.3 is 10.2 Å². The maximum absolute atomic E-state index is 4.59. The molecule has 0 radical (unpaired) electrons. The van der Waals surface area contributed by atoms with Gasteiger partial charge in [-0.1, -0.05) is 27.3 Å². The fraction of sp³-hybridized carbons (Fsp3) is 0.462. The highest BCUT2D eigenvalue weighted by Gasteiger charge is 2.07. The Morgan fingerprint density at radius 2 is 2.22 bits per heavy atom. The first-order chi connectivity index (χ1) is 8.54. The fourth-order valence-electron chi connectivity index (χ4n) is 1.69. The van der Waals surface area contributed by atoms with E-state index in [1.165, 1.54) is 4.70 Å². The molecule has 0 spiro atoms. The molecule has 2 rings (SSSR count). The molecule has 0 saturated heterocycles. The van der Waals surface area contributed by atoms with E-state index in [2.05, 4.69) is 58.2 Å². The molecule has 0 bridgehead atoms. The Labute approximate surface area is 120 Å². The van der Waals surface area contributed by atoms with Gasteiger partial charge in [-0.15, -0.1) is 0 Å². The molecule has 0 aliphatic carbocycles. The maximum atomic E-state index is 4.59. The minimum absolute atomic E-state index is 0.441. The van der Waals surface area contributed by atoms with Crippen molar-refractivity contribution in [1.82, 2.24) is 9.88 Å². The largest absolute Gasteiger partial charge is 0.359 e. The quantitative estimate of drug-likeness (QED) is 0.905. The van der Waals surface area contributed by atoms with Gasteiger partial charge in [-0.2, -0.15) is 0 Å². The minimum atomic E-state index is 0.441. The molecule has 0 aliphatic heterocycles. The summed E-state index contributed by atoms with van der Waals surface area (Å²) in [5.41, 5.74) is 1.06. The van der Waals surface area contributed by atoms with E-state index in [1.54, 1.807) is 11.3 Å². The summed E-state index contributed by atoms with van der Waals surface area (Å²) < 4.78 is 2.32. The van der Waals surface area contributed by atoms with Crippen molar-refractivity contribution in [2.24, 2.45) is 0 Å². The van der Waals surface area contributed by atoms with Crippen molar-refractivity contribution in [3.05, 3.63) is 22.7 Å². The summed E-state index contributed by atoms with van der Waals surface area (Å²) >= 11 is 5.19. The SMILES string of the molecule is CC(CCN(C)C)Nc1nc2ccc(Br)cc2s1. The Hall–Kier alpha value is -0.650. The number of aromatic nitrogens is 1. The molecular weight excluding hydrogens is 310 g/mol. The predicted molar refractivity (Wildman–Crippen MR) is 83.6 cm³/mol. The molecule has 1 atom stereocenters. The van der Waals surface area contributed by atoms with Crippen LogP contribution in [0.25, 0.3) is 10.2 Å². The average Bonchev–Trinajstić information content (AvgIpc) is 2.67. The van der Waals surface area contributed by atoms with Crippen molar-refractivity contribution < 1.29 is 0 Å². The van der Waals surface area contributed by atoms with Gasteiger partial charge in [0.1, 0.15) is 0 Å². The van der Waals surface area contributed by atoms with Gasteiger partial charge in [0, 0.05) is 10.5 Å². The Kier molecular flexibility index (Phi) is 4.59. The van der Waals surface area contributed by atoms with Crippen LogP contribution < -0.4 is 5.32 Å². The van der Waals surface area contributed by atoms with Crippen LogP contribution in [0.5, 0.6) is 0 Å². The summed E-state index contributed by atoms with van der Waals surface area (Å²) in [5.74, 6) is 0. The third-order valence-electron chi connectivity index (χ3n) is 2.73. The van der Waals surface area contributed by atoms with Crippen molar-refractivity contribution in [2.75, 3.05) is 26.0 Å². The molecule has 3 nitrogen and oxygen atoms in total. The van der Waals surface area contributed by atoms with Crippen LogP contribution in [0.2, 0.25) is 0 Å². The monoisotopic (exact) mass is 327 g/mol. The number of nitrogens with one attached hydrogen (secondary N) is 1. The van der Waals surface area contributed by atoms with Crippen LogP contribution >= 0.6 is 27.3 Å². The van der Waals surface area contributed by atoms with Crippen LogP contribution in [0.15, 0.2) is 22.7 Å². The highest BCUT2D eigenvalue weighted by molar-refractivity contribution is 9.10. The third-order valence-corrected chi connectivity index (χ3v) is 4.17. The number of benzene rings is 1. The third kappa shape index (κ3) is 3.67. The zero-order valence-corrected chi connectivity index (χ0v) is 13.3. The van der Waals surface area contributed by atoms with Gasteiger partial charge in [0.25, 0.3) is 0 Å². The van der Waals surface area contributed by atoms with Crippen LogP contribution in [-0.4, -0.2) is 36.6 Å². The molecule has 1 unspecified atom stereocenters. The van der Waals surface area contributed by atoms with Crippen LogP contribution in [0.1, 0.15) is 13.3 Å². The van der Waals surface area contributed by atoms with E-state index in [0.29, 0.717) is 6.04 Å². The van der Waals surface area contributed by atoms with E-state index >= 15 is 0 Å². The van der Waals surface area contributed by atoms with E-state index in [4.69, 9.17) is 0 Å². The minimum Gasteiger partial charge on any atom is -0.359 e. The average molecular weight is 328 g/mol. The van der Waals surface area contributed by atoms with Crippen molar-refractivity contribution in [3.8, 4) is 0 Å². The second-order valence-electron chi connectivity index (χ2n) is 4.77. The zero-order valence-electron chi connectivity index (χ0n) is 10.9. The van der Waals surface area contributed by atoms with E-state index in [1.807, 2.05) is 12.1 Å². The lowest BCUT2D eigenvalue weighted by Crippen LogP contribution is -2.22. The summed E-state index contributed by atoms with van der Waals surface area (Å²) in [6.07, 6.45) is 1.12. The molecule has 1 aromatic carbocycles. The highest BCUT2D eigenvalue weighted by atomic mass is 79.9. The Bertz CT molecular complexity index is 524. The van der Waals surface area contributed by atoms with Gasteiger partial charge in [-0.05, 0) is 52.2 Å². The van der Waals surface area contributed by atoms with Crippen LogP contribution in [-0.2, 0) is 0 Å². The summed E-state index contributed by atoms with van der Waals surface area (Å²) in [7, 11) is 4.20. The van der Waals surface area contributed by atoms with E-state index < -0.39 is 0 Å². The van der Waals surface area contributed by atoms with E-state index in [-0.39, 0.29) is 0 Å². The first-order valence-corrected chi connectivity index (χ1v) is 7.63. The summed E-state index contributed by atoms with van der Waals surface area (Å²) in [5, 5.41) is 4.48. The molecule has 1 heterocycles. The molecule has 0 aliphatic rings. The molecule has 2 aromatic rings. The van der Waals surface area contributed by atoms with Crippen molar-refractivity contribution in [2.45, 2.75) is 19.4 Å². The van der Waals surface area contributed by atoms with Gasteiger partial charge in [-0.25, -0.2) is 4.98 Å². The van der Waals surface area contributed by atoms with Gasteiger partial charge in [0.05, 0.1) is 10.2 Å². The molecule has 0 amide bonds. The zero-order chi connectivity index (χ0) is 13.1. The number of thiazole rings is 1. The molecule has 98 valence electrons. The van der Waals surface area contributed by atoms with E-state index in [0.717, 1.165) is 28.1 Å². The number of rotatable bonds is 5. The fourth-order valence-corrected chi connectivity index (χ4v) is 3.22. The number of fused-ring (bicyclic) bond motifs is 1. The summed E-state index contributed by atoms with van der Waals surface area (Å²) in [4.78, 5) is 6.80. The number of nitrogens with zero attached hydrogens (tertiary/aromatic N) is 2. The number of hydrogen-bond donors (Lipinski definition) is 1. The van der Waals surface area contributed by atoms with Crippen molar-refractivity contribution in [3.63, 3.8) is 0 Å². The lowest BCUT2D eigenvalue weighted by Gasteiger charge is -2.15. The standard InChI is InChI=1S/C13H18BrN3S/c1-9(6-7-17(2)3)15-13-16-11-5-4-10(14)8-12(11)18-13/h4-5,8-9H,6-7H2,1-3H3,(H,15,16). The normalized spacial score (nSPS) is 13.2. The highest BCUT2D eigenvalue weighted by Crippen LogP contribution is 2.28. The number of hydrogen-bond acceptors (Lipinski definition) is 4. The van der Waals surface area contributed by atoms with Crippen LogP contribution in [0, 0.1) is 0 Å². The van der Waals surface area contributed by atoms with Crippen molar-refractivity contribution in [1.29, 1.82) is 0 Å². The molecule has 1 N–H and O–H groups in total. The molecule has 1 aromatic heterocycles. The molecule has 0 fully saturated rings. The van der Waals surface area contributed by atoms with Gasteiger partial charge in [0.2, 0.25) is 0 Å². The van der Waals surface area contributed by atoms with E-state index in [9.17, 15) is 0 Å². The van der Waals surface area contributed by atoms with Gasteiger partial charge >= 0.3 is 0 Å². The summed E-state index contributed by atoms with van der Waals surface area (Å²) in [6, 6.07) is 6.63. The molecule has 5 heteroatoms. The van der Waals surface area contributed by atoms with Crippen LogP contribution in [0.4, 0.5) is 5.13 Å². The topological polar surface area (TPSA) is 28.2 Å². The van der Waals surface area contributed by atoms with Crippen molar-refractivity contribution >= 4 is 42.6 Å². The lowest BCUT2D eigenvalue weighted by atomic mass is 10.2. The molecule has 18 heavy (non-hydrogen) atoms. The summed E-state index contributed by atoms with van der Waals surface area (Å²) in [6.45, 7) is 3.29. The Morgan fingerprint density at radius 1 is 1.44 bits per heavy atom. The Morgan fingerprint density at radius 3 is 2.94 bits per heavy atom. The number of anilines is 1. The smallest absolute Gasteiger partial charge is 0.184 e. The first kappa shape index (κ1) is 13.8. The predicted octanol–water partition coefficient (Wildman–Crippen LogP) is 3.81. The molecule has 0 saturated carbocycles. The Balaban J connectivity index is 2.03. The number of halogens is 1. The second kappa shape index (κ2) is 5.99. The van der Waals surface area contributed by atoms with Gasteiger partial charge in [0.15, 0.2) is 5.13 Å². The second-order valence-corrected chi connectivity index (χ2v) is 6.71. The lowest BCUT2D eigenvalue weighted by molar-refractivity contribution is 0.390. The van der Waals surface area contributed by atoms with Crippen LogP contribution in [0.3, 0.4) is 0 Å². The molecular formula is C13H18BrN3S.